The highest BCUT2D eigenvalue weighted by molar-refractivity contribution is 4.91. The molecule has 0 aromatic heterocycles. The van der Waals surface area contributed by atoms with Crippen molar-refractivity contribution in [2.75, 3.05) is 13.2 Å². The Balaban J connectivity index is 2.62. The minimum Gasteiger partial charge on any atom is -0.394 e. The van der Waals surface area contributed by atoms with Crippen molar-refractivity contribution in [3.8, 4) is 0 Å². The minimum atomic E-state index is -1.25. The Morgan fingerprint density at radius 1 is 1.50 bits per heavy atom. The van der Waals surface area contributed by atoms with Gasteiger partial charge in [0.1, 0.15) is 11.7 Å². The second-order valence-electron chi connectivity index (χ2n) is 3.42. The van der Waals surface area contributed by atoms with Crippen LogP contribution in [0.4, 0.5) is 0 Å². The number of hydrogen-bond acceptors (Lipinski definition) is 4. The Morgan fingerprint density at radius 3 is 2.67 bits per heavy atom. The van der Waals surface area contributed by atoms with E-state index in [0.29, 0.717) is 12.8 Å². The van der Waals surface area contributed by atoms with E-state index in [-0.39, 0.29) is 19.3 Å². The van der Waals surface area contributed by atoms with Crippen molar-refractivity contribution in [1.82, 2.24) is 0 Å². The molecule has 4 heteroatoms. The van der Waals surface area contributed by atoms with Crippen LogP contribution in [-0.2, 0) is 4.74 Å². The van der Waals surface area contributed by atoms with Gasteiger partial charge in [-0.15, -0.1) is 0 Å². The lowest BCUT2D eigenvalue weighted by Gasteiger charge is -2.40. The second kappa shape index (κ2) is 3.70. The fourth-order valence-electron chi connectivity index (χ4n) is 1.48. The van der Waals surface area contributed by atoms with E-state index < -0.39 is 11.7 Å². The molecule has 1 aliphatic heterocycles. The van der Waals surface area contributed by atoms with Crippen molar-refractivity contribution in [2.45, 2.75) is 37.6 Å². The van der Waals surface area contributed by atoms with Gasteiger partial charge < -0.3 is 20.1 Å². The minimum absolute atomic E-state index is 0.0500. The van der Waals surface area contributed by atoms with Crippen LogP contribution in [-0.4, -0.2) is 46.3 Å². The molecular formula is C8H16O4. The third-order valence-electron chi connectivity index (χ3n) is 2.42. The van der Waals surface area contributed by atoms with Gasteiger partial charge in [0.05, 0.1) is 19.3 Å². The zero-order valence-corrected chi connectivity index (χ0v) is 7.23. The van der Waals surface area contributed by atoms with Gasteiger partial charge in [0.25, 0.3) is 0 Å². The summed E-state index contributed by atoms with van der Waals surface area (Å²) < 4.78 is 5.28. The molecule has 72 valence electrons. The molecule has 0 radical (unpaired) electrons. The molecule has 1 aliphatic rings. The molecule has 12 heavy (non-hydrogen) atoms. The first-order valence-corrected chi connectivity index (χ1v) is 4.22. The van der Waals surface area contributed by atoms with Crippen LogP contribution in [0, 0.1) is 0 Å². The first kappa shape index (κ1) is 9.92. The van der Waals surface area contributed by atoms with Crippen LogP contribution < -0.4 is 0 Å². The maximum Gasteiger partial charge on any atom is 0.116 e. The maximum atomic E-state index is 9.72. The summed E-state index contributed by atoms with van der Waals surface area (Å²) in [6, 6.07) is 0. The van der Waals surface area contributed by atoms with Crippen LogP contribution in [0.3, 0.4) is 0 Å². The molecule has 0 aromatic rings. The van der Waals surface area contributed by atoms with Crippen molar-refractivity contribution >= 4 is 0 Å². The predicted molar refractivity (Wildman–Crippen MR) is 42.7 cm³/mol. The largest absolute Gasteiger partial charge is 0.394 e. The number of rotatable bonds is 2. The third kappa shape index (κ3) is 1.77. The van der Waals surface area contributed by atoms with Crippen LogP contribution >= 0.6 is 0 Å². The SMILES string of the molecule is C[C@@H]1CCC(O)(CO)C(CO)O1. The molecular weight excluding hydrogens is 160 g/mol. The molecule has 0 bridgehead atoms. The Kier molecular flexibility index (Phi) is 3.06. The lowest BCUT2D eigenvalue weighted by molar-refractivity contribution is -0.198. The lowest BCUT2D eigenvalue weighted by Crippen LogP contribution is -2.53. The van der Waals surface area contributed by atoms with E-state index in [4.69, 9.17) is 14.9 Å². The number of hydrogen-bond donors (Lipinski definition) is 3. The van der Waals surface area contributed by atoms with Crippen LogP contribution in [0.15, 0.2) is 0 Å². The molecule has 3 N–H and O–H groups in total. The zero-order chi connectivity index (χ0) is 9.19. The molecule has 0 saturated carbocycles. The Morgan fingerprint density at radius 2 is 2.17 bits per heavy atom. The molecule has 2 unspecified atom stereocenters. The van der Waals surface area contributed by atoms with Gasteiger partial charge in [-0.2, -0.15) is 0 Å². The highest BCUT2D eigenvalue weighted by Gasteiger charge is 2.41. The van der Waals surface area contributed by atoms with E-state index in [1.807, 2.05) is 6.92 Å². The second-order valence-corrected chi connectivity index (χ2v) is 3.42. The van der Waals surface area contributed by atoms with Crippen molar-refractivity contribution in [3.05, 3.63) is 0 Å². The predicted octanol–water partition coefficient (Wildman–Crippen LogP) is -0.730. The van der Waals surface area contributed by atoms with E-state index in [1.54, 1.807) is 0 Å². The Bertz CT molecular complexity index is 150. The molecule has 3 atom stereocenters. The van der Waals surface area contributed by atoms with Crippen LogP contribution in [0.1, 0.15) is 19.8 Å². The van der Waals surface area contributed by atoms with Crippen LogP contribution in [0.2, 0.25) is 0 Å². The average molecular weight is 176 g/mol. The van der Waals surface area contributed by atoms with E-state index in [9.17, 15) is 5.11 Å². The van der Waals surface area contributed by atoms with Gasteiger partial charge in [0, 0.05) is 0 Å². The molecule has 0 aliphatic carbocycles. The summed E-state index contributed by atoms with van der Waals surface area (Å²) in [7, 11) is 0. The van der Waals surface area contributed by atoms with Gasteiger partial charge in [-0.1, -0.05) is 0 Å². The normalized spacial score (nSPS) is 43.0. The molecule has 1 fully saturated rings. The summed E-state index contributed by atoms with van der Waals surface area (Å²) in [6.07, 6.45) is 0.601. The van der Waals surface area contributed by atoms with Gasteiger partial charge >= 0.3 is 0 Å². The van der Waals surface area contributed by atoms with E-state index in [1.165, 1.54) is 0 Å². The molecule has 0 aromatic carbocycles. The van der Waals surface area contributed by atoms with E-state index in [2.05, 4.69) is 0 Å². The summed E-state index contributed by atoms with van der Waals surface area (Å²) in [4.78, 5) is 0. The maximum absolute atomic E-state index is 9.72. The van der Waals surface area contributed by atoms with Crippen molar-refractivity contribution in [1.29, 1.82) is 0 Å². The summed E-state index contributed by atoms with van der Waals surface area (Å²) >= 11 is 0. The number of ether oxygens (including phenoxy) is 1. The summed E-state index contributed by atoms with van der Waals surface area (Å²) in [5.74, 6) is 0. The fraction of sp³-hybridized carbons (Fsp3) is 1.00. The van der Waals surface area contributed by atoms with E-state index in [0.717, 1.165) is 0 Å². The zero-order valence-electron chi connectivity index (χ0n) is 7.23. The number of aliphatic hydroxyl groups is 3. The summed E-state index contributed by atoms with van der Waals surface area (Å²) in [6.45, 7) is 1.28. The highest BCUT2D eigenvalue weighted by atomic mass is 16.5. The Labute approximate surface area is 71.8 Å². The summed E-state index contributed by atoms with van der Waals surface area (Å²) in [5, 5.41) is 27.5. The topological polar surface area (TPSA) is 69.9 Å². The fourth-order valence-corrected chi connectivity index (χ4v) is 1.48. The van der Waals surface area contributed by atoms with Crippen molar-refractivity contribution < 1.29 is 20.1 Å². The first-order valence-electron chi connectivity index (χ1n) is 4.22. The van der Waals surface area contributed by atoms with Crippen LogP contribution in [0.5, 0.6) is 0 Å². The average Bonchev–Trinajstić information content (AvgIpc) is 2.09. The monoisotopic (exact) mass is 176 g/mol. The quantitative estimate of drug-likeness (QED) is 0.519. The Hall–Kier alpha value is -0.160. The smallest absolute Gasteiger partial charge is 0.116 e. The van der Waals surface area contributed by atoms with Gasteiger partial charge in [-0.25, -0.2) is 0 Å². The molecule has 1 saturated heterocycles. The third-order valence-corrected chi connectivity index (χ3v) is 2.42. The van der Waals surface area contributed by atoms with Gasteiger partial charge in [0.15, 0.2) is 0 Å². The van der Waals surface area contributed by atoms with Crippen molar-refractivity contribution in [3.63, 3.8) is 0 Å². The molecule has 0 amide bonds. The van der Waals surface area contributed by atoms with E-state index >= 15 is 0 Å². The molecule has 1 rings (SSSR count). The standard InChI is InChI=1S/C8H16O4/c1-6-2-3-8(11,5-10)7(4-9)12-6/h6-7,9-11H,2-5H2,1H3/t6-,7?,8?/m1/s1. The molecule has 4 nitrogen and oxygen atoms in total. The summed E-state index contributed by atoms with van der Waals surface area (Å²) in [5.41, 5.74) is -1.25. The van der Waals surface area contributed by atoms with Crippen molar-refractivity contribution in [2.24, 2.45) is 0 Å². The highest BCUT2D eigenvalue weighted by Crippen LogP contribution is 2.28. The first-order chi connectivity index (χ1) is 5.62. The molecule has 1 heterocycles. The van der Waals surface area contributed by atoms with Crippen LogP contribution in [0.25, 0.3) is 0 Å². The van der Waals surface area contributed by atoms with Gasteiger partial charge in [-0.05, 0) is 19.8 Å². The lowest BCUT2D eigenvalue weighted by atomic mass is 9.88. The number of aliphatic hydroxyl groups excluding tert-OH is 2. The van der Waals surface area contributed by atoms with Gasteiger partial charge in [0.2, 0.25) is 0 Å². The molecule has 0 spiro atoms. The van der Waals surface area contributed by atoms with Gasteiger partial charge in [-0.3, -0.25) is 0 Å².